The van der Waals surface area contributed by atoms with Crippen LogP contribution in [0, 0.1) is 0 Å². The van der Waals surface area contributed by atoms with Gasteiger partial charge in [0.25, 0.3) is 0 Å². The molecule has 98 valence electrons. The van der Waals surface area contributed by atoms with Crippen molar-refractivity contribution in [3.8, 4) is 0 Å². The van der Waals surface area contributed by atoms with E-state index in [2.05, 4.69) is 33.7 Å². The van der Waals surface area contributed by atoms with Crippen molar-refractivity contribution in [2.24, 2.45) is 0 Å². The van der Waals surface area contributed by atoms with Crippen molar-refractivity contribution < 1.29 is 0 Å². The summed E-state index contributed by atoms with van der Waals surface area (Å²) < 4.78 is 0. The van der Waals surface area contributed by atoms with E-state index < -0.39 is 0 Å². The third-order valence-electron chi connectivity index (χ3n) is 3.65. The summed E-state index contributed by atoms with van der Waals surface area (Å²) in [5.74, 6) is 1.19. The highest BCUT2D eigenvalue weighted by atomic mass is 32.2. The van der Waals surface area contributed by atoms with E-state index in [0.717, 1.165) is 19.6 Å². The van der Waals surface area contributed by atoms with Crippen molar-refractivity contribution in [2.75, 3.05) is 50.3 Å². The van der Waals surface area contributed by atoms with Gasteiger partial charge in [-0.1, -0.05) is 6.07 Å². The summed E-state index contributed by atoms with van der Waals surface area (Å²) in [6.45, 7) is 6.97. The average molecular weight is 263 g/mol. The van der Waals surface area contributed by atoms with Crippen molar-refractivity contribution in [1.29, 1.82) is 0 Å². The first-order valence-corrected chi connectivity index (χ1v) is 7.83. The van der Waals surface area contributed by atoms with Crippen molar-refractivity contribution in [3.05, 3.63) is 23.8 Å². The van der Waals surface area contributed by atoms with Crippen molar-refractivity contribution in [2.45, 2.75) is 11.3 Å². The van der Waals surface area contributed by atoms with Crippen LogP contribution in [0.25, 0.3) is 0 Å². The minimum Gasteiger partial charge on any atom is -0.383 e. The fourth-order valence-electron chi connectivity index (χ4n) is 2.56. The van der Waals surface area contributed by atoms with Crippen LogP contribution < -0.4 is 10.6 Å². The lowest BCUT2D eigenvalue weighted by Crippen LogP contribution is -2.44. The van der Waals surface area contributed by atoms with Crippen molar-refractivity contribution in [3.63, 3.8) is 0 Å². The van der Waals surface area contributed by atoms with Gasteiger partial charge in [0, 0.05) is 55.6 Å². The maximum absolute atomic E-state index is 3.46. The molecule has 2 aliphatic heterocycles. The van der Waals surface area contributed by atoms with Crippen LogP contribution in [0.3, 0.4) is 0 Å². The first-order chi connectivity index (χ1) is 8.92. The lowest BCUT2D eigenvalue weighted by Gasteiger charge is -2.27. The molecule has 0 amide bonds. The highest BCUT2D eigenvalue weighted by molar-refractivity contribution is 7.99. The first-order valence-electron chi connectivity index (χ1n) is 6.84. The van der Waals surface area contributed by atoms with E-state index in [1.165, 1.54) is 48.0 Å². The Balaban J connectivity index is 1.58. The molecule has 0 aromatic heterocycles. The Morgan fingerprint density at radius 1 is 1.17 bits per heavy atom. The van der Waals surface area contributed by atoms with Crippen molar-refractivity contribution >= 4 is 17.4 Å². The summed E-state index contributed by atoms with van der Waals surface area (Å²) in [7, 11) is 0. The number of nitrogens with one attached hydrogen (secondary N) is 2. The topological polar surface area (TPSA) is 27.3 Å². The highest BCUT2D eigenvalue weighted by Crippen LogP contribution is 2.31. The molecular formula is C14H21N3S. The predicted octanol–water partition coefficient (Wildman–Crippen LogP) is 1.65. The summed E-state index contributed by atoms with van der Waals surface area (Å²) in [5.41, 5.74) is 2.79. The van der Waals surface area contributed by atoms with Crippen LogP contribution in [0.5, 0.6) is 0 Å². The Hall–Kier alpha value is -0.710. The van der Waals surface area contributed by atoms with Crippen LogP contribution in [-0.2, 0) is 6.42 Å². The summed E-state index contributed by atoms with van der Waals surface area (Å²) in [4.78, 5) is 3.99. The van der Waals surface area contributed by atoms with Crippen LogP contribution in [0.1, 0.15) is 5.56 Å². The molecule has 1 fully saturated rings. The van der Waals surface area contributed by atoms with Gasteiger partial charge in [-0.05, 0) is 24.1 Å². The molecule has 0 bridgehead atoms. The standard InChI is InChI=1S/C14H21N3S/c1-2-13-14(18-10-6-16-13)11-12(1)3-7-17-8-4-15-5-9-17/h1-2,11,15-16H,3-10H2. The third-order valence-corrected chi connectivity index (χ3v) is 4.70. The number of hydrogen-bond donors (Lipinski definition) is 2. The molecule has 2 aliphatic rings. The van der Waals surface area contributed by atoms with Crippen LogP contribution in [0.4, 0.5) is 5.69 Å². The Labute approximate surface area is 113 Å². The zero-order valence-corrected chi connectivity index (χ0v) is 11.6. The van der Waals surface area contributed by atoms with Crippen LogP contribution >= 0.6 is 11.8 Å². The second-order valence-electron chi connectivity index (χ2n) is 4.95. The van der Waals surface area contributed by atoms with Crippen LogP contribution in [0.15, 0.2) is 23.1 Å². The molecule has 3 nitrogen and oxygen atoms in total. The van der Waals surface area contributed by atoms with Gasteiger partial charge < -0.3 is 15.5 Å². The van der Waals surface area contributed by atoms with E-state index >= 15 is 0 Å². The lowest BCUT2D eigenvalue weighted by molar-refractivity contribution is 0.244. The SMILES string of the molecule is c1cc2c(cc1CCN1CCNCC1)SCCN2. The number of rotatable bonds is 3. The maximum atomic E-state index is 3.46. The van der Waals surface area contributed by atoms with Crippen molar-refractivity contribution in [1.82, 2.24) is 10.2 Å². The molecule has 0 atom stereocenters. The molecule has 0 unspecified atom stereocenters. The van der Waals surface area contributed by atoms with E-state index in [1.807, 2.05) is 11.8 Å². The second kappa shape index (κ2) is 5.95. The molecule has 0 saturated carbocycles. The van der Waals surface area contributed by atoms with Crippen LogP contribution in [-0.4, -0.2) is 49.9 Å². The Kier molecular flexibility index (Phi) is 4.08. The second-order valence-corrected chi connectivity index (χ2v) is 6.08. The van der Waals surface area contributed by atoms with Gasteiger partial charge >= 0.3 is 0 Å². The highest BCUT2D eigenvalue weighted by Gasteiger charge is 2.11. The molecule has 2 heterocycles. The van der Waals surface area contributed by atoms with Gasteiger partial charge in [-0.25, -0.2) is 0 Å². The molecular weight excluding hydrogens is 242 g/mol. The smallest absolute Gasteiger partial charge is 0.0478 e. The Morgan fingerprint density at radius 2 is 2.06 bits per heavy atom. The number of nitrogens with zero attached hydrogens (tertiary/aromatic N) is 1. The molecule has 2 N–H and O–H groups in total. The van der Waals surface area contributed by atoms with Gasteiger partial charge in [-0.2, -0.15) is 0 Å². The van der Waals surface area contributed by atoms with Gasteiger partial charge in [0.15, 0.2) is 0 Å². The zero-order chi connectivity index (χ0) is 12.2. The van der Waals surface area contributed by atoms with E-state index in [9.17, 15) is 0 Å². The number of piperazine rings is 1. The molecule has 0 aliphatic carbocycles. The number of benzene rings is 1. The summed E-state index contributed by atoms with van der Waals surface area (Å²) in [6, 6.07) is 6.89. The molecule has 0 radical (unpaired) electrons. The first kappa shape index (κ1) is 12.3. The average Bonchev–Trinajstić information content (AvgIpc) is 2.46. The lowest BCUT2D eigenvalue weighted by atomic mass is 10.1. The normalized spacial score (nSPS) is 20.2. The molecule has 18 heavy (non-hydrogen) atoms. The molecule has 1 saturated heterocycles. The van der Waals surface area contributed by atoms with E-state index in [1.54, 1.807) is 0 Å². The quantitative estimate of drug-likeness (QED) is 0.867. The fourth-order valence-corrected chi connectivity index (χ4v) is 3.51. The van der Waals surface area contributed by atoms with Crippen LogP contribution in [0.2, 0.25) is 0 Å². The monoisotopic (exact) mass is 263 g/mol. The predicted molar refractivity (Wildman–Crippen MR) is 78.7 cm³/mol. The molecule has 4 heteroatoms. The summed E-state index contributed by atoms with van der Waals surface area (Å²) in [5, 5.41) is 6.86. The van der Waals surface area contributed by atoms with Gasteiger partial charge in [-0.3, -0.25) is 0 Å². The molecule has 1 aromatic rings. The van der Waals surface area contributed by atoms with Gasteiger partial charge in [0.1, 0.15) is 0 Å². The van der Waals surface area contributed by atoms with E-state index in [-0.39, 0.29) is 0 Å². The third kappa shape index (κ3) is 2.99. The number of thioether (sulfide) groups is 1. The minimum absolute atomic E-state index is 1.10. The van der Waals surface area contributed by atoms with Gasteiger partial charge in [0.05, 0.1) is 0 Å². The Bertz CT molecular complexity index is 402. The molecule has 3 rings (SSSR count). The zero-order valence-electron chi connectivity index (χ0n) is 10.7. The van der Waals surface area contributed by atoms with Gasteiger partial charge in [-0.15, -0.1) is 11.8 Å². The number of fused-ring (bicyclic) bond motifs is 1. The molecule has 0 spiro atoms. The van der Waals surface area contributed by atoms with E-state index in [0.29, 0.717) is 0 Å². The largest absolute Gasteiger partial charge is 0.383 e. The fraction of sp³-hybridized carbons (Fsp3) is 0.571. The maximum Gasteiger partial charge on any atom is 0.0478 e. The Morgan fingerprint density at radius 3 is 2.94 bits per heavy atom. The number of anilines is 1. The summed E-state index contributed by atoms with van der Waals surface area (Å²) in [6.07, 6.45) is 1.17. The molecule has 1 aromatic carbocycles. The minimum atomic E-state index is 1.10. The number of hydrogen-bond acceptors (Lipinski definition) is 4. The summed E-state index contributed by atoms with van der Waals surface area (Å²) >= 11 is 1.98. The van der Waals surface area contributed by atoms with E-state index in [4.69, 9.17) is 0 Å². The van der Waals surface area contributed by atoms with Gasteiger partial charge in [0.2, 0.25) is 0 Å².